The lowest BCUT2D eigenvalue weighted by atomic mass is 10.2. The van der Waals surface area contributed by atoms with E-state index in [1.54, 1.807) is 24.3 Å². The Balaban J connectivity index is 2.20. The van der Waals surface area contributed by atoms with Gasteiger partial charge in [-0.1, -0.05) is 19.1 Å². The standard InChI is InChI=1S/C15H18N2O2S/c1-3-12-4-10-15(11-5-12)20(18,19)17-14-8-6-13(16-2)7-9-14/h4-11,16-17H,3H2,1-2H3. The highest BCUT2D eigenvalue weighted by molar-refractivity contribution is 7.92. The molecule has 0 aliphatic heterocycles. The molecule has 0 unspecified atom stereocenters. The van der Waals surface area contributed by atoms with Crippen LogP contribution in [0.3, 0.4) is 0 Å². The van der Waals surface area contributed by atoms with Crippen LogP contribution in [-0.4, -0.2) is 15.5 Å². The summed E-state index contributed by atoms with van der Waals surface area (Å²) >= 11 is 0. The van der Waals surface area contributed by atoms with E-state index < -0.39 is 10.0 Å². The monoisotopic (exact) mass is 290 g/mol. The summed E-state index contributed by atoms with van der Waals surface area (Å²) in [6.45, 7) is 2.03. The van der Waals surface area contributed by atoms with Crippen molar-refractivity contribution in [3.05, 3.63) is 54.1 Å². The van der Waals surface area contributed by atoms with Gasteiger partial charge in [0.05, 0.1) is 4.90 Å². The Bertz CT molecular complexity index is 662. The molecule has 0 saturated heterocycles. The van der Waals surface area contributed by atoms with E-state index in [1.165, 1.54) is 0 Å². The van der Waals surface area contributed by atoms with Crippen LogP contribution in [0.2, 0.25) is 0 Å². The summed E-state index contributed by atoms with van der Waals surface area (Å²) in [6, 6.07) is 14.0. The van der Waals surface area contributed by atoms with Crippen molar-refractivity contribution in [2.45, 2.75) is 18.2 Å². The molecule has 0 aliphatic carbocycles. The molecule has 0 radical (unpaired) electrons. The van der Waals surface area contributed by atoms with Crippen molar-refractivity contribution in [2.24, 2.45) is 0 Å². The van der Waals surface area contributed by atoms with Crippen molar-refractivity contribution in [3.8, 4) is 0 Å². The Morgan fingerprint density at radius 1 is 0.900 bits per heavy atom. The first kappa shape index (κ1) is 14.4. The van der Waals surface area contributed by atoms with Crippen LogP contribution < -0.4 is 10.0 Å². The molecule has 0 bridgehead atoms. The van der Waals surface area contributed by atoms with Crippen LogP contribution in [0, 0.1) is 0 Å². The molecule has 0 aliphatic rings. The van der Waals surface area contributed by atoms with Crippen molar-refractivity contribution in [1.29, 1.82) is 0 Å². The second kappa shape index (κ2) is 5.96. The first-order chi connectivity index (χ1) is 9.55. The van der Waals surface area contributed by atoms with Crippen LogP contribution in [0.15, 0.2) is 53.4 Å². The van der Waals surface area contributed by atoms with E-state index in [9.17, 15) is 8.42 Å². The lowest BCUT2D eigenvalue weighted by Gasteiger charge is -2.09. The average Bonchev–Trinajstić information content (AvgIpc) is 2.48. The Hall–Kier alpha value is -2.01. The third kappa shape index (κ3) is 3.30. The van der Waals surface area contributed by atoms with E-state index in [0.717, 1.165) is 17.7 Å². The maximum absolute atomic E-state index is 12.2. The predicted molar refractivity (Wildman–Crippen MR) is 82.6 cm³/mol. The summed E-state index contributed by atoms with van der Waals surface area (Å²) < 4.78 is 27.0. The minimum Gasteiger partial charge on any atom is -0.388 e. The normalized spacial score (nSPS) is 11.1. The van der Waals surface area contributed by atoms with Crippen LogP contribution in [-0.2, 0) is 16.4 Å². The second-order valence-electron chi connectivity index (χ2n) is 4.43. The van der Waals surface area contributed by atoms with Gasteiger partial charge in [0.1, 0.15) is 0 Å². The molecule has 2 rings (SSSR count). The molecule has 5 heteroatoms. The smallest absolute Gasteiger partial charge is 0.261 e. The molecular formula is C15H18N2O2S. The van der Waals surface area contributed by atoms with Crippen LogP contribution in [0.5, 0.6) is 0 Å². The first-order valence-electron chi connectivity index (χ1n) is 6.44. The van der Waals surface area contributed by atoms with E-state index in [0.29, 0.717) is 5.69 Å². The zero-order valence-electron chi connectivity index (χ0n) is 11.6. The zero-order chi connectivity index (χ0) is 14.6. The van der Waals surface area contributed by atoms with E-state index >= 15 is 0 Å². The van der Waals surface area contributed by atoms with Gasteiger partial charge in [-0.15, -0.1) is 0 Å². The maximum Gasteiger partial charge on any atom is 0.261 e. The number of rotatable bonds is 5. The summed E-state index contributed by atoms with van der Waals surface area (Å²) in [5.41, 5.74) is 2.59. The van der Waals surface area contributed by atoms with E-state index in [4.69, 9.17) is 0 Å². The van der Waals surface area contributed by atoms with Crippen LogP contribution in [0.4, 0.5) is 11.4 Å². The number of hydrogen-bond donors (Lipinski definition) is 2. The molecule has 0 atom stereocenters. The summed E-state index contributed by atoms with van der Waals surface area (Å²) in [6.07, 6.45) is 0.888. The molecule has 0 fully saturated rings. The summed E-state index contributed by atoms with van der Waals surface area (Å²) in [7, 11) is -1.71. The van der Waals surface area contributed by atoms with Crippen molar-refractivity contribution >= 4 is 21.4 Å². The number of benzene rings is 2. The molecule has 0 heterocycles. The molecule has 4 nitrogen and oxygen atoms in total. The van der Waals surface area contributed by atoms with Crippen molar-refractivity contribution < 1.29 is 8.42 Å². The van der Waals surface area contributed by atoms with Gasteiger partial charge < -0.3 is 5.32 Å². The third-order valence-electron chi connectivity index (χ3n) is 3.07. The molecule has 2 aromatic carbocycles. The van der Waals surface area contributed by atoms with Crippen LogP contribution in [0.25, 0.3) is 0 Å². The van der Waals surface area contributed by atoms with Crippen molar-refractivity contribution in [1.82, 2.24) is 0 Å². The summed E-state index contributed by atoms with van der Waals surface area (Å²) in [5, 5.41) is 2.98. The van der Waals surface area contributed by atoms with Gasteiger partial charge in [0, 0.05) is 18.4 Å². The highest BCUT2D eigenvalue weighted by Gasteiger charge is 2.13. The highest BCUT2D eigenvalue weighted by Crippen LogP contribution is 2.18. The Kier molecular flexibility index (Phi) is 4.29. The number of nitrogens with one attached hydrogen (secondary N) is 2. The van der Waals surface area contributed by atoms with Gasteiger partial charge in [-0.3, -0.25) is 4.72 Å². The fourth-order valence-corrected chi connectivity index (χ4v) is 2.88. The molecule has 0 saturated carbocycles. The largest absolute Gasteiger partial charge is 0.388 e. The lowest BCUT2D eigenvalue weighted by molar-refractivity contribution is 0.601. The van der Waals surface area contributed by atoms with E-state index in [2.05, 4.69) is 10.0 Å². The Labute approximate surface area is 119 Å². The van der Waals surface area contributed by atoms with Crippen molar-refractivity contribution in [2.75, 3.05) is 17.1 Å². The lowest BCUT2D eigenvalue weighted by Crippen LogP contribution is -2.12. The van der Waals surface area contributed by atoms with Gasteiger partial charge in [-0.2, -0.15) is 0 Å². The maximum atomic E-state index is 12.2. The Morgan fingerprint density at radius 3 is 1.95 bits per heavy atom. The molecule has 2 N–H and O–H groups in total. The SMILES string of the molecule is CCc1ccc(S(=O)(=O)Nc2ccc(NC)cc2)cc1. The fourth-order valence-electron chi connectivity index (χ4n) is 1.82. The van der Waals surface area contributed by atoms with Crippen LogP contribution in [0.1, 0.15) is 12.5 Å². The van der Waals surface area contributed by atoms with Gasteiger partial charge in [-0.25, -0.2) is 8.42 Å². The molecule has 0 amide bonds. The van der Waals surface area contributed by atoms with Gasteiger partial charge in [0.25, 0.3) is 10.0 Å². The van der Waals surface area contributed by atoms with E-state index in [1.807, 2.05) is 38.2 Å². The topological polar surface area (TPSA) is 58.2 Å². The molecule has 106 valence electrons. The van der Waals surface area contributed by atoms with Crippen LogP contribution >= 0.6 is 0 Å². The minimum atomic E-state index is -3.53. The number of hydrogen-bond acceptors (Lipinski definition) is 3. The molecule has 0 aromatic heterocycles. The Morgan fingerprint density at radius 2 is 1.45 bits per heavy atom. The third-order valence-corrected chi connectivity index (χ3v) is 4.46. The number of anilines is 2. The van der Waals surface area contributed by atoms with Gasteiger partial charge in [0.2, 0.25) is 0 Å². The first-order valence-corrected chi connectivity index (χ1v) is 7.93. The number of sulfonamides is 1. The van der Waals surface area contributed by atoms with Crippen molar-refractivity contribution in [3.63, 3.8) is 0 Å². The second-order valence-corrected chi connectivity index (χ2v) is 6.11. The van der Waals surface area contributed by atoms with Gasteiger partial charge in [0.15, 0.2) is 0 Å². The molecule has 20 heavy (non-hydrogen) atoms. The quantitative estimate of drug-likeness (QED) is 0.889. The van der Waals surface area contributed by atoms with Gasteiger partial charge in [-0.05, 0) is 48.4 Å². The van der Waals surface area contributed by atoms with Gasteiger partial charge >= 0.3 is 0 Å². The minimum absolute atomic E-state index is 0.271. The number of aryl methyl sites for hydroxylation is 1. The summed E-state index contributed by atoms with van der Waals surface area (Å²) in [4.78, 5) is 0.271. The predicted octanol–water partition coefficient (Wildman–Crippen LogP) is 3.09. The fraction of sp³-hybridized carbons (Fsp3) is 0.200. The molecular weight excluding hydrogens is 272 g/mol. The molecule has 2 aromatic rings. The highest BCUT2D eigenvalue weighted by atomic mass is 32.2. The average molecular weight is 290 g/mol. The van der Waals surface area contributed by atoms with E-state index in [-0.39, 0.29) is 4.90 Å². The summed E-state index contributed by atoms with van der Waals surface area (Å²) in [5.74, 6) is 0. The zero-order valence-corrected chi connectivity index (χ0v) is 12.4. The molecule has 0 spiro atoms.